The van der Waals surface area contributed by atoms with Gasteiger partial charge in [0.25, 0.3) is 0 Å². The molecule has 2 aliphatic heterocycles. The van der Waals surface area contributed by atoms with E-state index in [0.29, 0.717) is 0 Å². The summed E-state index contributed by atoms with van der Waals surface area (Å²) in [7, 11) is 0.250. The number of hydrogen-bond donors (Lipinski definition) is 0. The number of fused-ring (bicyclic) bond motifs is 2. The molecule has 2 heterocycles. The van der Waals surface area contributed by atoms with E-state index in [0.717, 1.165) is 17.1 Å². The molecule has 0 amide bonds. The van der Waals surface area contributed by atoms with Crippen molar-refractivity contribution < 1.29 is 9.16 Å². The first-order chi connectivity index (χ1) is 13.4. The van der Waals surface area contributed by atoms with E-state index in [1.165, 1.54) is 11.3 Å². The minimum absolute atomic E-state index is 0.168. The molecule has 29 heavy (non-hydrogen) atoms. The summed E-state index contributed by atoms with van der Waals surface area (Å²) in [5.41, 5.74) is 2.90. The van der Waals surface area contributed by atoms with Crippen LogP contribution in [0.15, 0.2) is 48.5 Å². The van der Waals surface area contributed by atoms with Gasteiger partial charge in [0.1, 0.15) is 11.5 Å². The highest BCUT2D eigenvalue weighted by atomic mass is 28.4. The van der Waals surface area contributed by atoms with Crippen LogP contribution >= 0.6 is 0 Å². The predicted molar refractivity (Wildman–Crippen MR) is 125 cm³/mol. The van der Waals surface area contributed by atoms with Crippen LogP contribution in [0, 0.1) is 0 Å². The Morgan fingerprint density at radius 3 is 2.38 bits per heavy atom. The zero-order valence-electron chi connectivity index (χ0n) is 19.0. The summed E-state index contributed by atoms with van der Waals surface area (Å²) in [6.45, 7) is 15.9. The first kappa shape index (κ1) is 20.1. The molecule has 4 rings (SSSR count). The lowest BCUT2D eigenvalue weighted by molar-refractivity contribution is 0.0581. The fraction of sp³-hybridized carbons (Fsp3) is 0.440. The smallest absolute Gasteiger partial charge is 0.250 e. The maximum Gasteiger partial charge on any atom is 0.250 e. The summed E-state index contributed by atoms with van der Waals surface area (Å²) >= 11 is 0. The second kappa shape index (κ2) is 6.15. The standard InChI is InChI=1S/C25H33NO2Si/c1-23(2,3)29(7,8)28-19-13-14-22-18(17-19)15-16-25(27-22)24(4,5)20-11-9-10-12-21(20)26(25)6/h9-17H,1-8H3/t25-/m0/s1. The number of rotatable bonds is 2. The average molecular weight is 408 g/mol. The molecule has 2 aromatic carbocycles. The van der Waals surface area contributed by atoms with E-state index in [1.54, 1.807) is 0 Å². The summed E-state index contributed by atoms with van der Waals surface area (Å²) in [5.74, 6) is 1.84. The maximum atomic E-state index is 6.74. The van der Waals surface area contributed by atoms with Gasteiger partial charge in [-0.05, 0) is 74.0 Å². The topological polar surface area (TPSA) is 21.7 Å². The minimum Gasteiger partial charge on any atom is -0.543 e. The molecule has 0 aromatic heterocycles. The molecule has 0 fully saturated rings. The van der Waals surface area contributed by atoms with Crippen molar-refractivity contribution in [3.05, 3.63) is 59.7 Å². The first-order valence-corrected chi connectivity index (χ1v) is 13.3. The van der Waals surface area contributed by atoms with Crippen LogP contribution < -0.4 is 14.1 Å². The van der Waals surface area contributed by atoms with Gasteiger partial charge in [0, 0.05) is 18.3 Å². The monoisotopic (exact) mass is 407 g/mol. The molecule has 2 aromatic rings. The van der Waals surface area contributed by atoms with Crippen LogP contribution in [-0.2, 0) is 5.41 Å². The van der Waals surface area contributed by atoms with E-state index in [-0.39, 0.29) is 10.5 Å². The van der Waals surface area contributed by atoms with Crippen LogP contribution in [0.4, 0.5) is 5.69 Å². The number of para-hydroxylation sites is 1. The lowest BCUT2D eigenvalue weighted by atomic mass is 9.76. The molecule has 0 N–H and O–H groups in total. The lowest BCUT2D eigenvalue weighted by Crippen LogP contribution is -2.58. The van der Waals surface area contributed by atoms with Gasteiger partial charge in [-0.25, -0.2) is 0 Å². The molecule has 0 aliphatic carbocycles. The SMILES string of the molecule is CN1c2ccccc2C(C)(C)[C@@]12C=Cc1cc(O[Si](C)(C)C(C)(C)C)ccc1O2. The Labute approximate surface area is 176 Å². The Morgan fingerprint density at radius 1 is 1.03 bits per heavy atom. The number of anilines is 1. The Hall–Kier alpha value is -2.20. The van der Waals surface area contributed by atoms with Gasteiger partial charge in [0.05, 0.1) is 5.41 Å². The lowest BCUT2D eigenvalue weighted by Gasteiger charge is -2.46. The van der Waals surface area contributed by atoms with Crippen LogP contribution in [0.25, 0.3) is 6.08 Å². The van der Waals surface area contributed by atoms with Crippen molar-refractivity contribution in [1.29, 1.82) is 0 Å². The van der Waals surface area contributed by atoms with E-state index in [1.807, 2.05) is 0 Å². The molecular formula is C25H33NO2Si. The molecule has 154 valence electrons. The number of likely N-dealkylation sites (N-methyl/N-ethyl adjacent to an activating group) is 1. The molecule has 0 saturated heterocycles. The molecular weight excluding hydrogens is 374 g/mol. The van der Waals surface area contributed by atoms with E-state index < -0.39 is 14.0 Å². The number of benzene rings is 2. The van der Waals surface area contributed by atoms with Crippen LogP contribution in [0.5, 0.6) is 11.5 Å². The van der Waals surface area contributed by atoms with Gasteiger partial charge in [-0.3, -0.25) is 0 Å². The van der Waals surface area contributed by atoms with Gasteiger partial charge < -0.3 is 14.1 Å². The summed E-state index contributed by atoms with van der Waals surface area (Å²) in [6.07, 6.45) is 4.41. The predicted octanol–water partition coefficient (Wildman–Crippen LogP) is 6.60. The maximum absolute atomic E-state index is 6.74. The third-order valence-corrected chi connectivity index (χ3v) is 11.6. The Bertz CT molecular complexity index is 987. The number of ether oxygens (including phenoxy) is 1. The number of nitrogens with zero attached hydrogens (tertiary/aromatic N) is 1. The summed E-state index contributed by atoms with van der Waals surface area (Å²) in [6, 6.07) is 14.8. The Kier molecular flexibility index (Phi) is 4.26. The molecule has 0 bridgehead atoms. The molecule has 3 nitrogen and oxygen atoms in total. The van der Waals surface area contributed by atoms with E-state index in [4.69, 9.17) is 9.16 Å². The van der Waals surface area contributed by atoms with Gasteiger partial charge in [0.15, 0.2) is 0 Å². The number of hydrogen-bond acceptors (Lipinski definition) is 3. The highest BCUT2D eigenvalue weighted by Gasteiger charge is 2.57. The van der Waals surface area contributed by atoms with Gasteiger partial charge >= 0.3 is 0 Å². The van der Waals surface area contributed by atoms with Gasteiger partial charge in [0.2, 0.25) is 14.0 Å². The zero-order valence-corrected chi connectivity index (χ0v) is 20.0. The summed E-state index contributed by atoms with van der Waals surface area (Å²) < 4.78 is 13.2. The summed E-state index contributed by atoms with van der Waals surface area (Å²) in [5, 5.41) is 0.168. The largest absolute Gasteiger partial charge is 0.543 e. The molecule has 1 spiro atoms. The second-order valence-corrected chi connectivity index (χ2v) is 15.1. The average Bonchev–Trinajstić information content (AvgIpc) is 2.80. The van der Waals surface area contributed by atoms with Crippen molar-refractivity contribution in [2.75, 3.05) is 11.9 Å². The van der Waals surface area contributed by atoms with Gasteiger partial charge in [-0.2, -0.15) is 0 Å². The first-order valence-electron chi connectivity index (χ1n) is 10.4. The molecule has 0 saturated carbocycles. The zero-order chi connectivity index (χ0) is 21.2. The van der Waals surface area contributed by atoms with E-state index in [9.17, 15) is 0 Å². The van der Waals surface area contributed by atoms with E-state index in [2.05, 4.69) is 114 Å². The quantitative estimate of drug-likeness (QED) is 0.523. The van der Waals surface area contributed by atoms with Crippen molar-refractivity contribution in [3.8, 4) is 11.5 Å². The van der Waals surface area contributed by atoms with Crippen LogP contribution in [0.1, 0.15) is 45.7 Å². The van der Waals surface area contributed by atoms with Crippen LogP contribution in [0.3, 0.4) is 0 Å². The van der Waals surface area contributed by atoms with Gasteiger partial charge in [-0.1, -0.05) is 39.0 Å². The molecule has 0 unspecified atom stereocenters. The van der Waals surface area contributed by atoms with Crippen molar-refractivity contribution in [2.45, 2.75) is 63.9 Å². The van der Waals surface area contributed by atoms with Gasteiger partial charge in [-0.15, -0.1) is 0 Å². The normalized spacial score (nSPS) is 22.3. The molecule has 4 heteroatoms. The fourth-order valence-corrected chi connectivity index (χ4v) is 5.29. The van der Waals surface area contributed by atoms with E-state index >= 15 is 0 Å². The third-order valence-electron chi connectivity index (χ3n) is 7.25. The minimum atomic E-state index is -1.87. The van der Waals surface area contributed by atoms with Crippen molar-refractivity contribution in [2.24, 2.45) is 0 Å². The van der Waals surface area contributed by atoms with Crippen LogP contribution in [0.2, 0.25) is 18.1 Å². The Balaban J connectivity index is 1.69. The van der Waals surface area contributed by atoms with Crippen LogP contribution in [-0.4, -0.2) is 21.1 Å². The third kappa shape index (κ3) is 2.83. The molecule has 0 radical (unpaired) electrons. The van der Waals surface area contributed by atoms with Crippen molar-refractivity contribution >= 4 is 20.1 Å². The highest BCUT2D eigenvalue weighted by Crippen LogP contribution is 2.54. The Morgan fingerprint density at radius 2 is 1.72 bits per heavy atom. The molecule has 2 aliphatic rings. The second-order valence-electron chi connectivity index (χ2n) is 10.4. The highest BCUT2D eigenvalue weighted by molar-refractivity contribution is 6.74. The fourth-order valence-electron chi connectivity index (χ4n) is 4.27. The summed E-state index contributed by atoms with van der Waals surface area (Å²) in [4.78, 5) is 2.27. The molecule has 1 atom stereocenters. The van der Waals surface area contributed by atoms with Crippen molar-refractivity contribution in [1.82, 2.24) is 0 Å². The van der Waals surface area contributed by atoms with Crippen molar-refractivity contribution in [3.63, 3.8) is 0 Å².